The molecule has 0 aliphatic carbocycles. The third-order valence-corrected chi connectivity index (χ3v) is 2.61. The first-order valence-corrected chi connectivity index (χ1v) is 5.35. The Bertz CT molecular complexity index is 417. The summed E-state index contributed by atoms with van der Waals surface area (Å²) in [7, 11) is 0. The highest BCUT2D eigenvalue weighted by Crippen LogP contribution is 2.13. The molecule has 1 aromatic heterocycles. The zero-order valence-corrected chi connectivity index (χ0v) is 9.46. The van der Waals surface area contributed by atoms with E-state index in [4.69, 9.17) is 18.0 Å². The SMILES string of the molecule is NC(=S)c1ccc(N2CCNC(=O)C2)cn1. The number of aromatic nitrogens is 1. The average molecular weight is 236 g/mol. The highest BCUT2D eigenvalue weighted by Gasteiger charge is 2.16. The van der Waals surface area contributed by atoms with Crippen LogP contribution < -0.4 is 16.0 Å². The lowest BCUT2D eigenvalue weighted by Crippen LogP contribution is -2.47. The summed E-state index contributed by atoms with van der Waals surface area (Å²) in [4.78, 5) is 17.6. The molecule has 0 aromatic carbocycles. The molecule has 0 bridgehead atoms. The molecule has 0 saturated carbocycles. The third kappa shape index (κ3) is 2.27. The van der Waals surface area contributed by atoms with Crippen LogP contribution in [0.15, 0.2) is 18.3 Å². The summed E-state index contributed by atoms with van der Waals surface area (Å²) >= 11 is 4.82. The number of pyridine rings is 1. The lowest BCUT2D eigenvalue weighted by atomic mass is 10.2. The summed E-state index contributed by atoms with van der Waals surface area (Å²) in [5.74, 6) is 0.0321. The van der Waals surface area contributed by atoms with Crippen LogP contribution in [0.4, 0.5) is 5.69 Å². The maximum Gasteiger partial charge on any atom is 0.239 e. The summed E-state index contributed by atoms with van der Waals surface area (Å²) in [5, 5.41) is 2.77. The standard InChI is InChI=1S/C10H12N4OS/c11-10(16)8-2-1-7(5-13-8)14-4-3-12-9(15)6-14/h1-2,5H,3-4,6H2,(H2,11,16)(H,12,15). The maximum absolute atomic E-state index is 11.2. The number of hydrogen-bond acceptors (Lipinski definition) is 4. The third-order valence-electron chi connectivity index (χ3n) is 2.40. The number of thiocarbonyl (C=S) groups is 1. The number of piperazine rings is 1. The van der Waals surface area contributed by atoms with Gasteiger partial charge in [0.25, 0.3) is 0 Å². The molecule has 0 radical (unpaired) electrons. The van der Waals surface area contributed by atoms with E-state index in [1.807, 2.05) is 11.0 Å². The van der Waals surface area contributed by atoms with Crippen LogP contribution in [0.5, 0.6) is 0 Å². The van der Waals surface area contributed by atoms with Crippen molar-refractivity contribution >= 4 is 28.8 Å². The van der Waals surface area contributed by atoms with Gasteiger partial charge in [-0.25, -0.2) is 0 Å². The Morgan fingerprint density at radius 2 is 2.38 bits per heavy atom. The van der Waals surface area contributed by atoms with E-state index >= 15 is 0 Å². The van der Waals surface area contributed by atoms with E-state index in [-0.39, 0.29) is 10.9 Å². The quantitative estimate of drug-likeness (QED) is 0.687. The van der Waals surface area contributed by atoms with Gasteiger partial charge < -0.3 is 16.0 Å². The molecule has 16 heavy (non-hydrogen) atoms. The van der Waals surface area contributed by atoms with Crippen molar-refractivity contribution in [3.8, 4) is 0 Å². The Morgan fingerprint density at radius 1 is 1.56 bits per heavy atom. The van der Waals surface area contributed by atoms with Gasteiger partial charge in [0, 0.05) is 13.1 Å². The monoisotopic (exact) mass is 236 g/mol. The zero-order chi connectivity index (χ0) is 11.5. The Labute approximate surface area is 98.6 Å². The van der Waals surface area contributed by atoms with E-state index in [9.17, 15) is 4.79 Å². The molecule has 2 rings (SSSR count). The molecule has 5 nitrogen and oxygen atoms in total. The van der Waals surface area contributed by atoms with Crippen molar-refractivity contribution in [3.63, 3.8) is 0 Å². The minimum absolute atomic E-state index is 0.0321. The summed E-state index contributed by atoms with van der Waals surface area (Å²) < 4.78 is 0. The minimum atomic E-state index is 0.0321. The molecule has 1 amide bonds. The fraction of sp³-hybridized carbons (Fsp3) is 0.300. The summed E-state index contributed by atoms with van der Waals surface area (Å²) in [6.07, 6.45) is 1.69. The largest absolute Gasteiger partial charge is 0.388 e. The lowest BCUT2D eigenvalue weighted by molar-refractivity contribution is -0.120. The fourth-order valence-corrected chi connectivity index (χ4v) is 1.70. The molecular formula is C10H12N4OS. The van der Waals surface area contributed by atoms with Gasteiger partial charge in [-0.1, -0.05) is 12.2 Å². The molecule has 0 unspecified atom stereocenters. The number of amides is 1. The summed E-state index contributed by atoms with van der Waals surface area (Å²) in [5.41, 5.74) is 6.96. The van der Waals surface area contributed by atoms with E-state index in [1.165, 1.54) is 0 Å². The molecule has 1 fully saturated rings. The molecule has 1 saturated heterocycles. The van der Waals surface area contributed by atoms with Crippen LogP contribution >= 0.6 is 12.2 Å². The Hall–Kier alpha value is -1.69. The van der Waals surface area contributed by atoms with Gasteiger partial charge in [-0.05, 0) is 12.1 Å². The van der Waals surface area contributed by atoms with Crippen molar-refractivity contribution in [3.05, 3.63) is 24.0 Å². The van der Waals surface area contributed by atoms with Crippen molar-refractivity contribution in [2.75, 3.05) is 24.5 Å². The first kappa shape index (κ1) is 10.8. The average Bonchev–Trinajstić information content (AvgIpc) is 2.29. The Morgan fingerprint density at radius 3 is 2.94 bits per heavy atom. The van der Waals surface area contributed by atoms with Crippen LogP contribution in [0.2, 0.25) is 0 Å². The molecule has 0 atom stereocenters. The van der Waals surface area contributed by atoms with Crippen molar-refractivity contribution < 1.29 is 4.79 Å². The highest BCUT2D eigenvalue weighted by molar-refractivity contribution is 7.80. The molecule has 0 spiro atoms. The molecule has 84 valence electrons. The number of carbonyl (C=O) groups excluding carboxylic acids is 1. The van der Waals surface area contributed by atoms with Gasteiger partial charge in [0.1, 0.15) is 4.99 Å². The van der Waals surface area contributed by atoms with E-state index < -0.39 is 0 Å². The molecule has 3 N–H and O–H groups in total. The predicted octanol–water partition coefficient (Wildman–Crippen LogP) is -0.348. The van der Waals surface area contributed by atoms with Gasteiger partial charge in [0.05, 0.1) is 24.1 Å². The van der Waals surface area contributed by atoms with Crippen molar-refractivity contribution in [2.45, 2.75) is 0 Å². The number of hydrogen-bond donors (Lipinski definition) is 2. The second kappa shape index (κ2) is 4.44. The number of nitrogens with one attached hydrogen (secondary N) is 1. The van der Waals surface area contributed by atoms with Gasteiger partial charge in [-0.15, -0.1) is 0 Å². The van der Waals surface area contributed by atoms with Crippen LogP contribution in [0.1, 0.15) is 5.69 Å². The van der Waals surface area contributed by atoms with Crippen LogP contribution in [-0.2, 0) is 4.79 Å². The van der Waals surface area contributed by atoms with Gasteiger partial charge in [0.2, 0.25) is 5.91 Å². The van der Waals surface area contributed by atoms with Crippen molar-refractivity contribution in [1.82, 2.24) is 10.3 Å². The number of nitrogens with two attached hydrogens (primary N) is 1. The van der Waals surface area contributed by atoms with Gasteiger partial charge in [-0.3, -0.25) is 9.78 Å². The molecule has 1 aliphatic heterocycles. The van der Waals surface area contributed by atoms with Crippen LogP contribution in [0.3, 0.4) is 0 Å². The van der Waals surface area contributed by atoms with Crippen LogP contribution in [0.25, 0.3) is 0 Å². The van der Waals surface area contributed by atoms with Gasteiger partial charge in [0.15, 0.2) is 0 Å². The van der Waals surface area contributed by atoms with Crippen LogP contribution in [0, 0.1) is 0 Å². The second-order valence-electron chi connectivity index (χ2n) is 3.54. The van der Waals surface area contributed by atoms with Crippen molar-refractivity contribution in [2.24, 2.45) is 5.73 Å². The zero-order valence-electron chi connectivity index (χ0n) is 8.64. The van der Waals surface area contributed by atoms with E-state index in [0.29, 0.717) is 18.8 Å². The minimum Gasteiger partial charge on any atom is -0.388 e. The molecular weight excluding hydrogens is 224 g/mol. The topological polar surface area (TPSA) is 71.2 Å². The number of rotatable bonds is 2. The Balaban J connectivity index is 2.14. The maximum atomic E-state index is 11.2. The number of nitrogens with zero attached hydrogens (tertiary/aromatic N) is 2. The summed E-state index contributed by atoms with van der Waals surface area (Å²) in [6, 6.07) is 3.64. The molecule has 1 aliphatic rings. The smallest absolute Gasteiger partial charge is 0.239 e. The van der Waals surface area contributed by atoms with E-state index in [2.05, 4.69) is 10.3 Å². The summed E-state index contributed by atoms with van der Waals surface area (Å²) in [6.45, 7) is 1.82. The van der Waals surface area contributed by atoms with Gasteiger partial charge in [-0.2, -0.15) is 0 Å². The normalized spacial score (nSPS) is 15.8. The van der Waals surface area contributed by atoms with Crippen molar-refractivity contribution in [1.29, 1.82) is 0 Å². The predicted molar refractivity (Wildman–Crippen MR) is 65.3 cm³/mol. The molecule has 2 heterocycles. The fourth-order valence-electron chi connectivity index (χ4n) is 1.58. The van der Waals surface area contributed by atoms with Crippen LogP contribution in [-0.4, -0.2) is 35.5 Å². The second-order valence-corrected chi connectivity index (χ2v) is 3.98. The first-order chi connectivity index (χ1) is 7.66. The van der Waals surface area contributed by atoms with E-state index in [0.717, 1.165) is 12.2 Å². The lowest BCUT2D eigenvalue weighted by Gasteiger charge is -2.28. The number of carbonyl (C=O) groups is 1. The highest BCUT2D eigenvalue weighted by atomic mass is 32.1. The first-order valence-electron chi connectivity index (χ1n) is 4.94. The number of anilines is 1. The van der Waals surface area contributed by atoms with E-state index in [1.54, 1.807) is 12.3 Å². The Kier molecular flexibility index (Phi) is 3.00. The molecule has 1 aromatic rings. The molecule has 6 heteroatoms. The van der Waals surface area contributed by atoms with Gasteiger partial charge >= 0.3 is 0 Å².